The molecule has 0 saturated carbocycles. The summed E-state index contributed by atoms with van der Waals surface area (Å²) in [5.74, 6) is -0.590. The zero-order valence-corrected chi connectivity index (χ0v) is 11.7. The number of nitrogens with one attached hydrogen (secondary N) is 1. The predicted octanol–water partition coefficient (Wildman–Crippen LogP) is 1.82. The van der Waals surface area contributed by atoms with Gasteiger partial charge < -0.3 is 14.6 Å². The molecular formula is C15H16N2O4. The molecule has 21 heavy (non-hydrogen) atoms. The topological polar surface area (TPSA) is 81.4 Å². The van der Waals surface area contributed by atoms with Crippen molar-refractivity contribution in [2.75, 3.05) is 13.7 Å². The minimum absolute atomic E-state index is 0.170. The van der Waals surface area contributed by atoms with E-state index < -0.39 is 5.97 Å². The van der Waals surface area contributed by atoms with Crippen molar-refractivity contribution in [1.82, 2.24) is 10.5 Å². The van der Waals surface area contributed by atoms with Gasteiger partial charge in [0.05, 0.1) is 18.9 Å². The summed E-state index contributed by atoms with van der Waals surface area (Å²) in [6.07, 6.45) is 4.85. The number of aromatic nitrogens is 1. The Balaban J connectivity index is 1.79. The maximum absolute atomic E-state index is 11.9. The average molecular weight is 288 g/mol. The first-order valence-electron chi connectivity index (χ1n) is 6.55. The second-order valence-electron chi connectivity index (χ2n) is 4.46. The molecule has 0 saturated heterocycles. The smallest absolute Gasteiger partial charge is 0.337 e. The maximum atomic E-state index is 11.9. The third-order valence-corrected chi connectivity index (χ3v) is 2.98. The first-order chi connectivity index (χ1) is 10.2. The lowest BCUT2D eigenvalue weighted by molar-refractivity contribution is 0.0600. The van der Waals surface area contributed by atoms with Gasteiger partial charge in [-0.3, -0.25) is 4.79 Å². The van der Waals surface area contributed by atoms with Crippen molar-refractivity contribution >= 4 is 11.9 Å². The van der Waals surface area contributed by atoms with Gasteiger partial charge in [0, 0.05) is 17.7 Å². The van der Waals surface area contributed by atoms with Crippen molar-refractivity contribution in [3.05, 3.63) is 53.4 Å². The van der Waals surface area contributed by atoms with E-state index in [1.807, 2.05) is 0 Å². The first-order valence-corrected chi connectivity index (χ1v) is 6.55. The predicted molar refractivity (Wildman–Crippen MR) is 74.9 cm³/mol. The number of benzene rings is 1. The lowest BCUT2D eigenvalue weighted by atomic mass is 10.1. The number of ether oxygens (including phenoxy) is 1. The molecule has 1 amide bonds. The Labute approximate surface area is 122 Å². The number of hydrogen-bond acceptors (Lipinski definition) is 5. The molecule has 0 spiro atoms. The number of carbonyl (C=O) groups excluding carboxylic acids is 2. The van der Waals surface area contributed by atoms with Crippen LogP contribution in [0.15, 0.2) is 41.2 Å². The van der Waals surface area contributed by atoms with Crippen LogP contribution in [0, 0.1) is 0 Å². The molecule has 110 valence electrons. The maximum Gasteiger partial charge on any atom is 0.337 e. The highest BCUT2D eigenvalue weighted by molar-refractivity contribution is 5.96. The second kappa shape index (κ2) is 7.23. The molecule has 1 heterocycles. The van der Waals surface area contributed by atoms with E-state index in [4.69, 9.17) is 4.52 Å². The number of hydrogen-bond donors (Lipinski definition) is 1. The number of nitrogens with zero attached hydrogens (tertiary/aromatic N) is 1. The number of carbonyl (C=O) groups is 2. The Kier molecular flexibility index (Phi) is 5.09. The van der Waals surface area contributed by atoms with Crippen LogP contribution >= 0.6 is 0 Å². The van der Waals surface area contributed by atoms with Crippen molar-refractivity contribution in [2.24, 2.45) is 0 Å². The molecule has 1 aromatic carbocycles. The van der Waals surface area contributed by atoms with Gasteiger partial charge in [-0.2, -0.15) is 0 Å². The second-order valence-corrected chi connectivity index (χ2v) is 4.46. The summed E-state index contributed by atoms with van der Waals surface area (Å²) >= 11 is 0. The molecule has 6 heteroatoms. The van der Waals surface area contributed by atoms with E-state index in [1.165, 1.54) is 7.11 Å². The molecule has 0 unspecified atom stereocenters. The van der Waals surface area contributed by atoms with Gasteiger partial charge in [0.15, 0.2) is 0 Å². The Bertz CT molecular complexity index is 591. The van der Waals surface area contributed by atoms with Crippen LogP contribution in [0.4, 0.5) is 0 Å². The minimum Gasteiger partial charge on any atom is -0.465 e. The molecule has 2 aromatic rings. The highest BCUT2D eigenvalue weighted by Gasteiger charge is 2.08. The molecule has 0 aliphatic carbocycles. The summed E-state index contributed by atoms with van der Waals surface area (Å²) in [7, 11) is 1.32. The SMILES string of the molecule is COC(=O)c1ccc(C(=O)NCCCc2cnoc2)cc1. The van der Waals surface area contributed by atoms with Gasteiger partial charge in [-0.05, 0) is 37.1 Å². The van der Waals surface area contributed by atoms with Crippen molar-refractivity contribution in [3.8, 4) is 0 Å². The zero-order chi connectivity index (χ0) is 15.1. The van der Waals surface area contributed by atoms with E-state index in [9.17, 15) is 9.59 Å². The summed E-state index contributed by atoms with van der Waals surface area (Å²) in [5.41, 5.74) is 1.93. The van der Waals surface area contributed by atoms with E-state index in [-0.39, 0.29) is 5.91 Å². The fourth-order valence-electron chi connectivity index (χ4n) is 1.82. The Morgan fingerprint density at radius 3 is 2.57 bits per heavy atom. The molecule has 1 N–H and O–H groups in total. The van der Waals surface area contributed by atoms with Crippen molar-refractivity contribution in [3.63, 3.8) is 0 Å². The third kappa shape index (κ3) is 4.17. The van der Waals surface area contributed by atoms with Crippen molar-refractivity contribution in [2.45, 2.75) is 12.8 Å². The van der Waals surface area contributed by atoms with Crippen molar-refractivity contribution < 1.29 is 18.8 Å². The third-order valence-electron chi connectivity index (χ3n) is 2.98. The van der Waals surface area contributed by atoms with Gasteiger partial charge >= 0.3 is 5.97 Å². The highest BCUT2D eigenvalue weighted by Crippen LogP contribution is 2.06. The summed E-state index contributed by atoms with van der Waals surface area (Å²) in [6.45, 7) is 0.558. The zero-order valence-electron chi connectivity index (χ0n) is 11.7. The number of esters is 1. The largest absolute Gasteiger partial charge is 0.465 e. The van der Waals surface area contributed by atoms with E-state index in [0.717, 1.165) is 18.4 Å². The Morgan fingerprint density at radius 1 is 1.24 bits per heavy atom. The van der Waals surface area contributed by atoms with Gasteiger partial charge in [-0.25, -0.2) is 4.79 Å². The quantitative estimate of drug-likeness (QED) is 0.647. The molecule has 0 fully saturated rings. The fourth-order valence-corrected chi connectivity index (χ4v) is 1.82. The van der Waals surface area contributed by atoms with Crippen LogP contribution in [0.5, 0.6) is 0 Å². The molecule has 0 aliphatic rings. The van der Waals surface area contributed by atoms with Crippen LogP contribution in [0.2, 0.25) is 0 Å². The van der Waals surface area contributed by atoms with Crippen LogP contribution in [0.25, 0.3) is 0 Å². The minimum atomic E-state index is -0.421. The van der Waals surface area contributed by atoms with Gasteiger partial charge in [-0.15, -0.1) is 0 Å². The highest BCUT2D eigenvalue weighted by atomic mass is 16.5. The van der Waals surface area contributed by atoms with Gasteiger partial charge in [0.25, 0.3) is 5.91 Å². The first kappa shape index (κ1) is 14.8. The number of aryl methyl sites for hydroxylation is 1. The van der Waals surface area contributed by atoms with Crippen molar-refractivity contribution in [1.29, 1.82) is 0 Å². The molecule has 0 radical (unpaired) electrons. The number of methoxy groups -OCH3 is 1. The number of amides is 1. The fraction of sp³-hybridized carbons (Fsp3) is 0.267. The summed E-state index contributed by atoms with van der Waals surface area (Å²) in [5, 5.41) is 6.43. The summed E-state index contributed by atoms with van der Waals surface area (Å²) < 4.78 is 9.33. The summed E-state index contributed by atoms with van der Waals surface area (Å²) in [4.78, 5) is 23.2. The van der Waals surface area contributed by atoms with E-state index in [0.29, 0.717) is 17.7 Å². The van der Waals surface area contributed by atoms with Crippen LogP contribution in [0.3, 0.4) is 0 Å². The average Bonchev–Trinajstić information content (AvgIpc) is 3.04. The number of rotatable bonds is 6. The van der Waals surface area contributed by atoms with Gasteiger partial charge in [0.1, 0.15) is 6.26 Å². The standard InChI is InChI=1S/C15H16N2O4/c1-20-15(19)13-6-4-12(5-7-13)14(18)16-8-2-3-11-9-17-21-10-11/h4-7,9-10H,2-3,8H2,1H3,(H,16,18). The van der Waals surface area contributed by atoms with Crippen LogP contribution in [-0.4, -0.2) is 30.7 Å². The Morgan fingerprint density at radius 2 is 1.95 bits per heavy atom. The summed E-state index contributed by atoms with van der Waals surface area (Å²) in [6, 6.07) is 6.33. The molecule has 2 rings (SSSR count). The molecule has 0 aliphatic heterocycles. The lowest BCUT2D eigenvalue weighted by Crippen LogP contribution is -2.24. The van der Waals surface area contributed by atoms with Crippen LogP contribution in [0.1, 0.15) is 32.7 Å². The van der Waals surface area contributed by atoms with E-state index in [1.54, 1.807) is 36.7 Å². The molecule has 6 nitrogen and oxygen atoms in total. The van der Waals surface area contributed by atoms with Gasteiger partial charge in [-0.1, -0.05) is 5.16 Å². The molecule has 0 bridgehead atoms. The van der Waals surface area contributed by atoms with Crippen LogP contribution in [-0.2, 0) is 11.2 Å². The molecular weight excluding hydrogens is 272 g/mol. The molecule has 0 atom stereocenters. The Hall–Kier alpha value is -2.63. The van der Waals surface area contributed by atoms with Gasteiger partial charge in [0.2, 0.25) is 0 Å². The van der Waals surface area contributed by atoms with E-state index in [2.05, 4.69) is 15.2 Å². The lowest BCUT2D eigenvalue weighted by Gasteiger charge is -2.05. The van der Waals surface area contributed by atoms with E-state index >= 15 is 0 Å². The van der Waals surface area contributed by atoms with Crippen LogP contribution < -0.4 is 5.32 Å². The monoisotopic (exact) mass is 288 g/mol. The molecule has 1 aromatic heterocycles. The normalized spacial score (nSPS) is 10.1.